The minimum absolute atomic E-state index is 0.316. The van der Waals surface area contributed by atoms with Gasteiger partial charge in [-0.3, -0.25) is 4.48 Å². The Morgan fingerprint density at radius 2 is 1.77 bits per heavy atom. The van der Waals surface area contributed by atoms with Crippen LogP contribution in [0.3, 0.4) is 0 Å². The van der Waals surface area contributed by atoms with Crippen LogP contribution in [0.25, 0.3) is 0 Å². The molecular weight excluding hydrogens is 272 g/mol. The van der Waals surface area contributed by atoms with E-state index in [1.807, 2.05) is 6.92 Å². The van der Waals surface area contributed by atoms with Crippen LogP contribution in [0.15, 0.2) is 17.1 Å². The lowest BCUT2D eigenvalue weighted by Crippen LogP contribution is -2.56. The first-order valence-electron chi connectivity index (χ1n) is 9.37. The van der Waals surface area contributed by atoms with Crippen molar-refractivity contribution in [2.75, 3.05) is 19.6 Å². The van der Waals surface area contributed by atoms with Crippen molar-refractivity contribution in [1.29, 1.82) is 0 Å². The van der Waals surface area contributed by atoms with E-state index >= 15 is 0 Å². The molecule has 128 valence electrons. The zero-order chi connectivity index (χ0) is 16.3. The van der Waals surface area contributed by atoms with Crippen molar-refractivity contribution in [3.63, 3.8) is 0 Å². The molecule has 0 bridgehead atoms. The molecule has 0 spiro atoms. The van der Waals surface area contributed by atoms with Crippen LogP contribution >= 0.6 is 0 Å². The summed E-state index contributed by atoms with van der Waals surface area (Å²) in [5, 5.41) is 10.1. The highest BCUT2D eigenvalue weighted by Gasteiger charge is 2.40. The van der Waals surface area contributed by atoms with Crippen LogP contribution in [0.5, 0.6) is 0 Å². The molecule has 22 heavy (non-hydrogen) atoms. The Labute approximate surface area is 137 Å². The highest BCUT2D eigenvalue weighted by molar-refractivity contribution is 5.76. The third-order valence-corrected chi connectivity index (χ3v) is 5.09. The van der Waals surface area contributed by atoms with Gasteiger partial charge < -0.3 is 5.11 Å². The number of unbranched alkanes of at least 4 members (excludes halogenated alkanes) is 7. The fraction of sp³-hybridized carbons (Fsp3) is 0.842. The van der Waals surface area contributed by atoms with Gasteiger partial charge in [-0.2, -0.15) is 0 Å². The number of hydrogen-bond acceptors (Lipinski definition) is 2. The third kappa shape index (κ3) is 5.85. The summed E-state index contributed by atoms with van der Waals surface area (Å²) in [6.07, 6.45) is 15.7. The van der Waals surface area contributed by atoms with Gasteiger partial charge in [-0.15, -0.1) is 0 Å². The summed E-state index contributed by atoms with van der Waals surface area (Å²) in [4.78, 5) is 4.68. The summed E-state index contributed by atoms with van der Waals surface area (Å²) in [5.41, 5.74) is 0. The molecule has 0 aliphatic carbocycles. The van der Waals surface area contributed by atoms with E-state index < -0.39 is 0 Å². The Balaban J connectivity index is 2.09. The van der Waals surface area contributed by atoms with E-state index in [2.05, 4.69) is 31.0 Å². The molecule has 0 saturated heterocycles. The number of rotatable bonds is 12. The summed E-state index contributed by atoms with van der Waals surface area (Å²) in [5.74, 6) is 1.24. The monoisotopic (exact) mass is 309 g/mol. The molecule has 3 heteroatoms. The van der Waals surface area contributed by atoms with Crippen molar-refractivity contribution < 1.29 is 9.59 Å². The minimum atomic E-state index is -0.316. The number of allylic oxidation sites excluding steroid dienone is 2. The number of amidine groups is 1. The maximum Gasteiger partial charge on any atom is 0.200 e. The molecule has 0 fully saturated rings. The number of nitrogens with zero attached hydrogens (tertiary/aromatic N) is 2. The molecule has 0 aromatic rings. The predicted octanol–water partition coefficient (Wildman–Crippen LogP) is 4.66. The van der Waals surface area contributed by atoms with Crippen molar-refractivity contribution >= 4 is 5.84 Å². The lowest BCUT2D eigenvalue weighted by molar-refractivity contribution is -0.882. The van der Waals surface area contributed by atoms with E-state index in [4.69, 9.17) is 0 Å². The minimum Gasteiger partial charge on any atom is -0.345 e. The topological polar surface area (TPSA) is 32.6 Å². The summed E-state index contributed by atoms with van der Waals surface area (Å²) in [6.45, 7) is 9.01. The second kappa shape index (κ2) is 11.0. The van der Waals surface area contributed by atoms with Gasteiger partial charge in [0.1, 0.15) is 6.54 Å². The number of quaternary nitrogens is 1. The lowest BCUT2D eigenvalue weighted by Gasteiger charge is -2.36. The van der Waals surface area contributed by atoms with Gasteiger partial charge in [0, 0.05) is 13.3 Å². The molecule has 1 aliphatic heterocycles. The molecule has 2 unspecified atom stereocenters. The summed E-state index contributed by atoms with van der Waals surface area (Å²) in [7, 11) is 0. The maximum atomic E-state index is 10.1. The first-order valence-corrected chi connectivity index (χ1v) is 9.37. The normalized spacial score (nSPS) is 23.2. The molecule has 1 aliphatic rings. The third-order valence-electron chi connectivity index (χ3n) is 5.09. The number of likely N-dealkylation sites (N-methyl/N-ethyl adjacent to an activating group) is 1. The standard InChI is InChI=1S/C19H37N2O/c1-4-6-7-8-9-10-11-12-13-14-15-19-20-16-17-21(19,5-2)18(3)22/h4,6,18,22H,5,7-17H2,1-3H3/q+1/b6-4+. The summed E-state index contributed by atoms with van der Waals surface area (Å²) >= 11 is 0. The highest BCUT2D eigenvalue weighted by atomic mass is 16.3. The largest absolute Gasteiger partial charge is 0.345 e. The van der Waals surface area contributed by atoms with Crippen LogP contribution in [0.2, 0.25) is 0 Å². The van der Waals surface area contributed by atoms with E-state index in [-0.39, 0.29) is 6.23 Å². The molecule has 1 rings (SSSR count). The zero-order valence-electron chi connectivity index (χ0n) is 15.1. The first-order chi connectivity index (χ1) is 10.7. The highest BCUT2D eigenvalue weighted by Crippen LogP contribution is 2.22. The molecule has 0 saturated carbocycles. The van der Waals surface area contributed by atoms with Crippen LogP contribution in [0, 0.1) is 0 Å². The molecule has 0 aromatic carbocycles. The molecule has 0 radical (unpaired) electrons. The molecular formula is C19H37N2O+. The van der Waals surface area contributed by atoms with Gasteiger partial charge in [0.15, 0.2) is 6.23 Å². The van der Waals surface area contributed by atoms with E-state index in [9.17, 15) is 5.11 Å². The smallest absolute Gasteiger partial charge is 0.200 e. The Bertz CT molecular complexity index is 349. The second-order valence-electron chi connectivity index (χ2n) is 6.59. The van der Waals surface area contributed by atoms with Gasteiger partial charge in [0.2, 0.25) is 5.84 Å². The fourth-order valence-electron chi connectivity index (χ4n) is 3.53. The van der Waals surface area contributed by atoms with E-state index in [1.54, 1.807) is 0 Å². The maximum absolute atomic E-state index is 10.1. The number of hydrogen-bond donors (Lipinski definition) is 1. The number of aliphatic hydroxyl groups is 1. The van der Waals surface area contributed by atoms with Crippen LogP contribution in [0.1, 0.15) is 78.6 Å². The number of aliphatic imine (C=N–C) groups is 1. The summed E-state index contributed by atoms with van der Waals surface area (Å²) < 4.78 is 0.713. The van der Waals surface area contributed by atoms with Crippen LogP contribution in [0.4, 0.5) is 0 Å². The Kier molecular flexibility index (Phi) is 9.65. The molecule has 1 N–H and O–H groups in total. The van der Waals surface area contributed by atoms with Crippen molar-refractivity contribution in [3.8, 4) is 0 Å². The van der Waals surface area contributed by atoms with E-state index in [0.717, 1.165) is 26.1 Å². The van der Waals surface area contributed by atoms with Crippen LogP contribution in [-0.2, 0) is 0 Å². The Morgan fingerprint density at radius 3 is 2.36 bits per heavy atom. The number of aliphatic hydroxyl groups excluding tert-OH is 1. The molecule has 2 atom stereocenters. The molecule has 3 nitrogen and oxygen atoms in total. The van der Waals surface area contributed by atoms with Crippen LogP contribution in [-0.4, -0.2) is 41.3 Å². The lowest BCUT2D eigenvalue weighted by atomic mass is 10.1. The Hall–Kier alpha value is -0.670. The van der Waals surface area contributed by atoms with Crippen LogP contribution < -0.4 is 0 Å². The van der Waals surface area contributed by atoms with Gasteiger partial charge in [0.25, 0.3) is 0 Å². The first kappa shape index (κ1) is 19.4. The van der Waals surface area contributed by atoms with Crippen molar-refractivity contribution in [2.45, 2.75) is 84.8 Å². The average Bonchev–Trinajstić information content (AvgIpc) is 2.93. The SMILES string of the molecule is C/C=C/CCCCCCCCCC1=NCC[N+]1(CC)C(C)O. The summed E-state index contributed by atoms with van der Waals surface area (Å²) in [6, 6.07) is 0. The van der Waals surface area contributed by atoms with E-state index in [1.165, 1.54) is 57.2 Å². The Morgan fingerprint density at radius 1 is 1.14 bits per heavy atom. The molecule has 0 aromatic heterocycles. The van der Waals surface area contributed by atoms with Gasteiger partial charge in [0.05, 0.1) is 13.1 Å². The van der Waals surface area contributed by atoms with Gasteiger partial charge >= 0.3 is 0 Å². The van der Waals surface area contributed by atoms with Gasteiger partial charge in [-0.05, 0) is 33.1 Å². The van der Waals surface area contributed by atoms with Crippen molar-refractivity contribution in [2.24, 2.45) is 4.99 Å². The molecule has 0 amide bonds. The van der Waals surface area contributed by atoms with Gasteiger partial charge in [-0.25, -0.2) is 4.99 Å². The van der Waals surface area contributed by atoms with Gasteiger partial charge in [-0.1, -0.05) is 44.3 Å². The zero-order valence-corrected chi connectivity index (χ0v) is 15.1. The molecule has 1 heterocycles. The second-order valence-corrected chi connectivity index (χ2v) is 6.59. The van der Waals surface area contributed by atoms with Crippen molar-refractivity contribution in [1.82, 2.24) is 0 Å². The average molecular weight is 310 g/mol. The predicted molar refractivity (Wildman–Crippen MR) is 96.0 cm³/mol. The quantitative estimate of drug-likeness (QED) is 0.317. The fourth-order valence-corrected chi connectivity index (χ4v) is 3.53. The van der Waals surface area contributed by atoms with Crippen molar-refractivity contribution in [3.05, 3.63) is 12.2 Å². The van der Waals surface area contributed by atoms with E-state index in [0.29, 0.717) is 4.48 Å².